The van der Waals surface area contributed by atoms with E-state index in [1.807, 2.05) is 6.08 Å². The molecule has 0 aliphatic rings. The van der Waals surface area contributed by atoms with Gasteiger partial charge >= 0.3 is 0 Å². The molecular formula is C12H21O2-. The normalized spacial score (nSPS) is 10.9. The molecule has 0 aliphatic carbocycles. The predicted octanol–water partition coefficient (Wildman–Crippen LogP) is 2.43. The van der Waals surface area contributed by atoms with Crippen molar-refractivity contribution < 1.29 is 9.90 Å². The van der Waals surface area contributed by atoms with E-state index in [1.165, 1.54) is 38.5 Å². The molecule has 0 fully saturated rings. The Kier molecular flexibility index (Phi) is 9.71. The molecule has 0 radical (unpaired) electrons. The maximum atomic E-state index is 10.0. The molecule has 0 saturated carbocycles. The van der Waals surface area contributed by atoms with E-state index in [0.717, 1.165) is 6.42 Å². The van der Waals surface area contributed by atoms with Crippen molar-refractivity contribution in [3.8, 4) is 0 Å². The lowest BCUT2D eigenvalue weighted by molar-refractivity contribution is -0.304. The summed E-state index contributed by atoms with van der Waals surface area (Å²) in [6.07, 6.45) is 12.4. The van der Waals surface area contributed by atoms with Gasteiger partial charge in [-0.05, 0) is 12.8 Å². The zero-order chi connectivity index (χ0) is 10.6. The molecule has 0 N–H and O–H groups in total. The van der Waals surface area contributed by atoms with Crippen LogP contribution in [-0.4, -0.2) is 5.97 Å². The van der Waals surface area contributed by atoms with Gasteiger partial charge in [0.2, 0.25) is 0 Å². The van der Waals surface area contributed by atoms with Gasteiger partial charge in [0, 0.05) is 12.4 Å². The molecule has 0 amide bonds. The summed E-state index contributed by atoms with van der Waals surface area (Å²) in [5.41, 5.74) is 0. The van der Waals surface area contributed by atoms with Crippen molar-refractivity contribution in [3.63, 3.8) is 0 Å². The van der Waals surface area contributed by atoms with E-state index < -0.39 is 5.97 Å². The van der Waals surface area contributed by atoms with Gasteiger partial charge in [-0.3, -0.25) is 0 Å². The Morgan fingerprint density at radius 1 is 1.07 bits per heavy atom. The van der Waals surface area contributed by atoms with Crippen molar-refractivity contribution >= 4 is 5.97 Å². The number of allylic oxidation sites excluding steroid dienone is 1. The van der Waals surface area contributed by atoms with Crippen LogP contribution in [0.25, 0.3) is 0 Å². The van der Waals surface area contributed by atoms with Crippen LogP contribution in [0, 0.1) is 0 Å². The third kappa shape index (κ3) is 11.2. The number of carbonyl (C=O) groups is 1. The predicted molar refractivity (Wildman–Crippen MR) is 56.8 cm³/mol. The van der Waals surface area contributed by atoms with Crippen LogP contribution in [0.1, 0.15) is 58.3 Å². The van der Waals surface area contributed by atoms with Crippen LogP contribution in [0.5, 0.6) is 0 Å². The molecule has 0 aromatic carbocycles. The van der Waals surface area contributed by atoms with E-state index in [9.17, 15) is 9.90 Å². The van der Waals surface area contributed by atoms with Gasteiger partial charge in [0.1, 0.15) is 0 Å². The van der Waals surface area contributed by atoms with Crippen molar-refractivity contribution in [3.05, 3.63) is 12.2 Å². The largest absolute Gasteiger partial charge is 0.550 e. The molecule has 14 heavy (non-hydrogen) atoms. The summed E-state index contributed by atoms with van der Waals surface area (Å²) in [7, 11) is 0. The molecule has 0 aromatic heterocycles. The van der Waals surface area contributed by atoms with Gasteiger partial charge in [-0.15, -0.1) is 0 Å². The fraction of sp³-hybridized carbons (Fsp3) is 0.750. The molecule has 0 aliphatic heterocycles. The molecule has 0 saturated heterocycles. The molecule has 0 heterocycles. The Hall–Kier alpha value is -0.790. The molecule has 2 nitrogen and oxygen atoms in total. The molecule has 2 heteroatoms. The molecule has 0 spiro atoms. The standard InChI is InChI=1S/C12H22O2/c1-2-3-4-5-6-7-8-9-10-11-12(13)14/h9-10H,2-8,11H2,1H3,(H,13,14)/p-1/b10-9-. The van der Waals surface area contributed by atoms with Crippen LogP contribution >= 0.6 is 0 Å². The average Bonchev–Trinajstić information content (AvgIpc) is 2.15. The zero-order valence-corrected chi connectivity index (χ0v) is 9.13. The van der Waals surface area contributed by atoms with Crippen LogP contribution in [0.4, 0.5) is 0 Å². The summed E-state index contributed by atoms with van der Waals surface area (Å²) in [5, 5.41) is 10.0. The van der Waals surface area contributed by atoms with E-state index >= 15 is 0 Å². The van der Waals surface area contributed by atoms with Crippen LogP contribution < -0.4 is 5.11 Å². The summed E-state index contributed by atoms with van der Waals surface area (Å²) < 4.78 is 0. The molecule has 82 valence electrons. The van der Waals surface area contributed by atoms with Gasteiger partial charge in [-0.2, -0.15) is 0 Å². The van der Waals surface area contributed by atoms with E-state index in [1.54, 1.807) is 6.08 Å². The van der Waals surface area contributed by atoms with Gasteiger partial charge in [0.05, 0.1) is 0 Å². The maximum Gasteiger partial charge on any atom is 0.0452 e. The summed E-state index contributed by atoms with van der Waals surface area (Å²) in [6.45, 7) is 2.21. The molecule has 0 aromatic rings. The molecule has 0 atom stereocenters. The second-order valence-corrected chi connectivity index (χ2v) is 3.60. The van der Waals surface area contributed by atoms with Crippen molar-refractivity contribution in [1.29, 1.82) is 0 Å². The first kappa shape index (κ1) is 13.2. The Bertz CT molecular complexity index is 162. The number of rotatable bonds is 9. The number of carboxylic acid groups (broad SMARTS) is 1. The Morgan fingerprint density at radius 3 is 2.36 bits per heavy atom. The summed E-state index contributed by atoms with van der Waals surface area (Å²) >= 11 is 0. The first-order valence-corrected chi connectivity index (χ1v) is 5.62. The fourth-order valence-corrected chi connectivity index (χ4v) is 1.34. The zero-order valence-electron chi connectivity index (χ0n) is 9.13. The molecule has 0 bridgehead atoms. The van der Waals surface area contributed by atoms with Gasteiger partial charge in [0.25, 0.3) is 0 Å². The van der Waals surface area contributed by atoms with Crippen molar-refractivity contribution in [2.75, 3.05) is 0 Å². The first-order chi connectivity index (χ1) is 6.77. The van der Waals surface area contributed by atoms with Crippen molar-refractivity contribution in [2.24, 2.45) is 0 Å². The van der Waals surface area contributed by atoms with E-state index in [-0.39, 0.29) is 6.42 Å². The first-order valence-electron chi connectivity index (χ1n) is 5.62. The lowest BCUT2D eigenvalue weighted by Crippen LogP contribution is -2.20. The van der Waals surface area contributed by atoms with Gasteiger partial charge in [-0.1, -0.05) is 51.2 Å². The minimum Gasteiger partial charge on any atom is -0.550 e. The number of carbonyl (C=O) groups excluding carboxylic acids is 1. The fourth-order valence-electron chi connectivity index (χ4n) is 1.34. The third-order valence-corrected chi connectivity index (χ3v) is 2.18. The topological polar surface area (TPSA) is 40.1 Å². The highest BCUT2D eigenvalue weighted by Gasteiger charge is 1.87. The third-order valence-electron chi connectivity index (χ3n) is 2.18. The smallest absolute Gasteiger partial charge is 0.0452 e. The number of carboxylic acids is 1. The number of hydrogen-bond donors (Lipinski definition) is 0. The lowest BCUT2D eigenvalue weighted by atomic mass is 10.1. The molecular weight excluding hydrogens is 176 g/mol. The van der Waals surface area contributed by atoms with Gasteiger partial charge in [-0.25, -0.2) is 0 Å². The summed E-state index contributed by atoms with van der Waals surface area (Å²) in [6, 6.07) is 0. The average molecular weight is 197 g/mol. The van der Waals surface area contributed by atoms with Crippen LogP contribution in [0.15, 0.2) is 12.2 Å². The summed E-state index contributed by atoms with van der Waals surface area (Å²) in [4.78, 5) is 10.0. The van der Waals surface area contributed by atoms with E-state index in [4.69, 9.17) is 0 Å². The van der Waals surface area contributed by atoms with Crippen LogP contribution in [0.2, 0.25) is 0 Å². The van der Waals surface area contributed by atoms with Crippen LogP contribution in [-0.2, 0) is 4.79 Å². The number of hydrogen-bond acceptors (Lipinski definition) is 2. The number of unbranched alkanes of at least 4 members (excludes halogenated alkanes) is 6. The Morgan fingerprint density at radius 2 is 1.71 bits per heavy atom. The SMILES string of the molecule is CCCCCCCC/C=C\CC(=O)[O-]. The van der Waals surface area contributed by atoms with Crippen LogP contribution in [0.3, 0.4) is 0 Å². The Balaban J connectivity index is 3.05. The highest BCUT2D eigenvalue weighted by molar-refractivity contribution is 5.66. The highest BCUT2D eigenvalue weighted by atomic mass is 16.4. The second kappa shape index (κ2) is 10.3. The van der Waals surface area contributed by atoms with Crippen molar-refractivity contribution in [2.45, 2.75) is 58.3 Å². The van der Waals surface area contributed by atoms with E-state index in [2.05, 4.69) is 6.92 Å². The quantitative estimate of drug-likeness (QED) is 0.420. The highest BCUT2D eigenvalue weighted by Crippen LogP contribution is 2.07. The minimum absolute atomic E-state index is 0.0514. The molecule has 0 rings (SSSR count). The lowest BCUT2D eigenvalue weighted by Gasteiger charge is -1.98. The monoisotopic (exact) mass is 197 g/mol. The van der Waals surface area contributed by atoms with E-state index in [0.29, 0.717) is 0 Å². The molecule has 0 unspecified atom stereocenters. The Labute approximate surface area is 87.0 Å². The van der Waals surface area contributed by atoms with Gasteiger partial charge < -0.3 is 9.90 Å². The minimum atomic E-state index is -0.996. The van der Waals surface area contributed by atoms with Crippen molar-refractivity contribution in [1.82, 2.24) is 0 Å². The summed E-state index contributed by atoms with van der Waals surface area (Å²) in [5.74, 6) is -0.996. The number of aliphatic carboxylic acids is 1. The maximum absolute atomic E-state index is 10.0. The van der Waals surface area contributed by atoms with Gasteiger partial charge in [0.15, 0.2) is 0 Å². The second-order valence-electron chi connectivity index (χ2n) is 3.60.